The zero-order chi connectivity index (χ0) is 17.6. The maximum Gasteiger partial charge on any atom is 0.170 e. The first kappa shape index (κ1) is 18.0. The largest absolute Gasteiger partial charge is 0.468 e. The van der Waals surface area contributed by atoms with Gasteiger partial charge in [-0.15, -0.1) is 0 Å². The first-order valence-corrected chi connectivity index (χ1v) is 9.44. The second-order valence-corrected chi connectivity index (χ2v) is 7.19. The van der Waals surface area contributed by atoms with Gasteiger partial charge in [0.05, 0.1) is 12.3 Å². The Kier molecular flexibility index (Phi) is 6.10. The van der Waals surface area contributed by atoms with Crippen LogP contribution in [0.3, 0.4) is 0 Å². The van der Waals surface area contributed by atoms with Crippen molar-refractivity contribution in [2.45, 2.75) is 39.2 Å². The van der Waals surface area contributed by atoms with Crippen LogP contribution < -0.4 is 10.6 Å². The van der Waals surface area contributed by atoms with Gasteiger partial charge in [0.25, 0.3) is 0 Å². The second-order valence-electron chi connectivity index (χ2n) is 6.78. The number of likely N-dealkylation sites (tertiary alicyclic amines) is 1. The van der Waals surface area contributed by atoms with E-state index in [2.05, 4.69) is 53.6 Å². The monoisotopic (exact) mass is 357 g/mol. The Hall–Kier alpha value is -1.85. The van der Waals surface area contributed by atoms with Crippen LogP contribution in [0.5, 0.6) is 0 Å². The number of nitrogens with one attached hydrogen (secondary N) is 2. The Morgan fingerprint density at radius 2 is 2.00 bits per heavy atom. The van der Waals surface area contributed by atoms with E-state index in [9.17, 15) is 0 Å². The Morgan fingerprint density at radius 3 is 2.68 bits per heavy atom. The van der Waals surface area contributed by atoms with E-state index < -0.39 is 0 Å². The van der Waals surface area contributed by atoms with Crippen LogP contribution in [0, 0.1) is 13.8 Å². The molecule has 1 aromatic carbocycles. The fraction of sp³-hybridized carbons (Fsp3) is 0.450. The Bertz CT molecular complexity index is 693. The van der Waals surface area contributed by atoms with Crippen molar-refractivity contribution in [1.82, 2.24) is 10.2 Å². The maximum atomic E-state index is 5.69. The molecule has 134 valence electrons. The highest BCUT2D eigenvalue weighted by Crippen LogP contribution is 2.24. The molecule has 2 aromatic rings. The van der Waals surface area contributed by atoms with Crippen molar-refractivity contribution in [3.05, 3.63) is 53.5 Å². The van der Waals surface area contributed by atoms with Crippen molar-refractivity contribution in [3.8, 4) is 0 Å². The molecule has 3 rings (SSSR count). The van der Waals surface area contributed by atoms with Crippen LogP contribution in [-0.2, 0) is 0 Å². The summed E-state index contributed by atoms with van der Waals surface area (Å²) in [4.78, 5) is 2.50. The smallest absolute Gasteiger partial charge is 0.170 e. The van der Waals surface area contributed by atoms with E-state index in [-0.39, 0.29) is 6.04 Å². The minimum Gasteiger partial charge on any atom is -0.468 e. The number of rotatable bonds is 5. The van der Waals surface area contributed by atoms with Crippen LogP contribution in [0.25, 0.3) is 0 Å². The first-order chi connectivity index (χ1) is 12.1. The van der Waals surface area contributed by atoms with Crippen LogP contribution in [0.2, 0.25) is 0 Å². The van der Waals surface area contributed by atoms with E-state index in [1.54, 1.807) is 6.26 Å². The molecule has 0 aliphatic carbocycles. The third-order valence-corrected chi connectivity index (χ3v) is 5.04. The molecule has 0 amide bonds. The molecule has 1 unspecified atom stereocenters. The highest BCUT2D eigenvalue weighted by molar-refractivity contribution is 7.80. The highest BCUT2D eigenvalue weighted by Gasteiger charge is 2.24. The number of hydrogen-bond acceptors (Lipinski definition) is 3. The number of benzene rings is 1. The molecule has 0 saturated carbocycles. The lowest BCUT2D eigenvalue weighted by molar-refractivity contribution is 0.146. The lowest BCUT2D eigenvalue weighted by atomic mass is 10.1. The second kappa shape index (κ2) is 8.50. The lowest BCUT2D eigenvalue weighted by Gasteiger charge is -2.33. The molecule has 0 spiro atoms. The van der Waals surface area contributed by atoms with Gasteiger partial charge in [-0.25, -0.2) is 0 Å². The van der Waals surface area contributed by atoms with Crippen molar-refractivity contribution in [1.29, 1.82) is 0 Å². The third kappa shape index (κ3) is 4.83. The van der Waals surface area contributed by atoms with Gasteiger partial charge in [0, 0.05) is 12.2 Å². The Balaban J connectivity index is 1.61. The molecule has 1 aromatic heterocycles. The predicted molar refractivity (Wildman–Crippen MR) is 107 cm³/mol. The van der Waals surface area contributed by atoms with Gasteiger partial charge in [-0.2, -0.15) is 0 Å². The molecule has 2 heterocycles. The Morgan fingerprint density at radius 1 is 1.20 bits per heavy atom. The van der Waals surface area contributed by atoms with Crippen molar-refractivity contribution in [3.63, 3.8) is 0 Å². The summed E-state index contributed by atoms with van der Waals surface area (Å²) in [6.07, 6.45) is 5.57. The zero-order valence-electron chi connectivity index (χ0n) is 15.0. The topological polar surface area (TPSA) is 40.4 Å². The number of anilines is 1. The Labute approximate surface area is 155 Å². The molecule has 1 aliphatic rings. The van der Waals surface area contributed by atoms with Crippen LogP contribution in [0.1, 0.15) is 42.2 Å². The predicted octanol–water partition coefficient (Wildman–Crippen LogP) is 4.41. The van der Waals surface area contributed by atoms with Crippen LogP contribution >= 0.6 is 12.2 Å². The average molecular weight is 358 g/mol. The van der Waals surface area contributed by atoms with Crippen LogP contribution in [0.4, 0.5) is 5.69 Å². The van der Waals surface area contributed by atoms with Gasteiger partial charge in [-0.05, 0) is 75.8 Å². The summed E-state index contributed by atoms with van der Waals surface area (Å²) >= 11 is 5.51. The fourth-order valence-corrected chi connectivity index (χ4v) is 3.62. The van der Waals surface area contributed by atoms with Gasteiger partial charge >= 0.3 is 0 Å². The molecular weight excluding hydrogens is 330 g/mol. The van der Waals surface area contributed by atoms with Crippen molar-refractivity contribution >= 4 is 23.0 Å². The minimum atomic E-state index is 0.217. The quantitative estimate of drug-likeness (QED) is 0.776. The summed E-state index contributed by atoms with van der Waals surface area (Å²) in [5.41, 5.74) is 3.50. The van der Waals surface area contributed by atoms with Crippen LogP contribution in [0.15, 0.2) is 41.0 Å². The van der Waals surface area contributed by atoms with Gasteiger partial charge in [0.2, 0.25) is 0 Å². The number of thiocarbonyl (C=S) groups is 1. The first-order valence-electron chi connectivity index (χ1n) is 9.03. The molecule has 0 bridgehead atoms. The number of nitrogens with zero attached hydrogens (tertiary/aromatic N) is 1. The zero-order valence-corrected chi connectivity index (χ0v) is 15.9. The molecule has 2 N–H and O–H groups in total. The van der Waals surface area contributed by atoms with Crippen molar-refractivity contribution in [2.24, 2.45) is 0 Å². The molecule has 0 radical (unpaired) electrons. The van der Waals surface area contributed by atoms with Crippen molar-refractivity contribution < 1.29 is 4.42 Å². The average Bonchev–Trinajstić information content (AvgIpc) is 3.13. The number of hydrogen-bond donors (Lipinski definition) is 2. The van der Waals surface area contributed by atoms with E-state index in [0.29, 0.717) is 5.11 Å². The van der Waals surface area contributed by atoms with Gasteiger partial charge in [0.1, 0.15) is 5.76 Å². The van der Waals surface area contributed by atoms with E-state index >= 15 is 0 Å². The molecule has 5 heteroatoms. The van der Waals surface area contributed by atoms with Crippen molar-refractivity contribution in [2.75, 3.05) is 25.0 Å². The molecular formula is C20H27N3OS. The molecule has 1 aliphatic heterocycles. The summed E-state index contributed by atoms with van der Waals surface area (Å²) in [5, 5.41) is 7.34. The SMILES string of the molecule is Cc1ccc(NC(=S)NCC(c2ccco2)N2CCCCC2)c(C)c1. The summed E-state index contributed by atoms with van der Waals surface area (Å²) in [6, 6.07) is 10.6. The van der Waals surface area contributed by atoms with E-state index in [1.807, 2.05) is 6.07 Å². The van der Waals surface area contributed by atoms with Gasteiger partial charge in [-0.3, -0.25) is 4.90 Å². The molecule has 4 nitrogen and oxygen atoms in total. The highest BCUT2D eigenvalue weighted by atomic mass is 32.1. The summed E-state index contributed by atoms with van der Waals surface area (Å²) < 4.78 is 5.69. The summed E-state index contributed by atoms with van der Waals surface area (Å²) in [6.45, 7) is 7.16. The van der Waals surface area contributed by atoms with Gasteiger partial charge < -0.3 is 15.1 Å². The summed E-state index contributed by atoms with van der Waals surface area (Å²) in [7, 11) is 0. The van der Waals surface area contributed by atoms with E-state index in [1.165, 1.54) is 30.4 Å². The fourth-order valence-electron chi connectivity index (χ4n) is 3.43. The minimum absolute atomic E-state index is 0.217. The van der Waals surface area contributed by atoms with Gasteiger partial charge in [0.15, 0.2) is 5.11 Å². The molecule has 1 fully saturated rings. The third-order valence-electron chi connectivity index (χ3n) is 4.79. The molecule has 25 heavy (non-hydrogen) atoms. The molecule has 1 saturated heterocycles. The van der Waals surface area contributed by atoms with Crippen LogP contribution in [-0.4, -0.2) is 29.6 Å². The number of aryl methyl sites for hydroxylation is 2. The molecule has 1 atom stereocenters. The normalized spacial score (nSPS) is 16.4. The van der Waals surface area contributed by atoms with E-state index in [4.69, 9.17) is 16.6 Å². The number of furan rings is 1. The van der Waals surface area contributed by atoms with Gasteiger partial charge in [-0.1, -0.05) is 24.1 Å². The van der Waals surface area contributed by atoms with E-state index in [0.717, 1.165) is 31.1 Å². The lowest BCUT2D eigenvalue weighted by Crippen LogP contribution is -2.41. The summed E-state index contributed by atoms with van der Waals surface area (Å²) in [5.74, 6) is 1.00. The maximum absolute atomic E-state index is 5.69. The standard InChI is InChI=1S/C20H27N3OS/c1-15-8-9-17(16(2)13-15)22-20(25)21-14-18(19-7-6-12-24-19)23-10-4-3-5-11-23/h6-9,12-13,18H,3-5,10-11,14H2,1-2H3,(H2,21,22,25). The number of piperidine rings is 1.